The van der Waals surface area contributed by atoms with Crippen LogP contribution in [0, 0.1) is 0 Å². The Morgan fingerprint density at radius 3 is 3.04 bits per heavy atom. The van der Waals surface area contributed by atoms with Crippen LogP contribution in [0.4, 0.5) is 0 Å². The topological polar surface area (TPSA) is 56.2 Å². The van der Waals surface area contributed by atoms with Crippen molar-refractivity contribution in [1.82, 2.24) is 14.9 Å². The number of imidazole rings is 1. The predicted octanol–water partition coefficient (Wildman–Crippen LogP) is 2.56. The lowest BCUT2D eigenvalue weighted by Gasteiger charge is -2.30. The summed E-state index contributed by atoms with van der Waals surface area (Å²) in [6, 6.07) is 6.27. The number of rotatable bonds is 3. The van der Waals surface area contributed by atoms with Gasteiger partial charge in [0.15, 0.2) is 0 Å². The third-order valence-electron chi connectivity index (χ3n) is 5.16. The van der Waals surface area contributed by atoms with Crippen LogP contribution < -0.4 is 5.32 Å². The van der Waals surface area contributed by atoms with E-state index in [1.807, 2.05) is 23.9 Å². The van der Waals surface area contributed by atoms with Crippen LogP contribution in [-0.4, -0.2) is 28.1 Å². The summed E-state index contributed by atoms with van der Waals surface area (Å²) in [7, 11) is 1.97. The number of hydrogen-bond donors (Lipinski definition) is 1. The van der Waals surface area contributed by atoms with E-state index in [2.05, 4.69) is 22.4 Å². The minimum atomic E-state index is -0.00318. The van der Waals surface area contributed by atoms with Crippen LogP contribution in [0.5, 0.6) is 0 Å². The molecule has 2 aromatic rings. The molecule has 0 bridgehead atoms. The van der Waals surface area contributed by atoms with Crippen LogP contribution in [0.1, 0.15) is 52.5 Å². The molecule has 1 aromatic carbocycles. The van der Waals surface area contributed by atoms with Crippen LogP contribution in [0.3, 0.4) is 0 Å². The monoisotopic (exact) mass is 325 g/mol. The van der Waals surface area contributed by atoms with Gasteiger partial charge in [0, 0.05) is 25.3 Å². The van der Waals surface area contributed by atoms with Gasteiger partial charge in [-0.15, -0.1) is 0 Å². The first kappa shape index (κ1) is 15.4. The molecule has 0 radical (unpaired) electrons. The van der Waals surface area contributed by atoms with Crippen LogP contribution >= 0.6 is 0 Å². The summed E-state index contributed by atoms with van der Waals surface area (Å²) in [6.07, 6.45) is 8.70. The lowest BCUT2D eigenvalue weighted by Crippen LogP contribution is -2.40. The maximum absolute atomic E-state index is 12.6. The first-order valence-corrected chi connectivity index (χ1v) is 8.71. The third kappa shape index (κ3) is 2.96. The Labute approximate surface area is 142 Å². The van der Waals surface area contributed by atoms with Gasteiger partial charge >= 0.3 is 0 Å². The third-order valence-corrected chi connectivity index (χ3v) is 5.16. The zero-order chi connectivity index (χ0) is 16.5. The zero-order valence-electron chi connectivity index (χ0n) is 14.0. The summed E-state index contributed by atoms with van der Waals surface area (Å²) in [6.45, 7) is 0.658. The molecule has 0 spiro atoms. The van der Waals surface area contributed by atoms with Gasteiger partial charge in [-0.1, -0.05) is 6.07 Å². The van der Waals surface area contributed by atoms with E-state index in [0.717, 1.165) is 36.9 Å². The average Bonchev–Trinajstić information content (AvgIpc) is 3.22. The molecule has 4 rings (SSSR count). The Bertz CT molecular complexity index is 753. The molecular weight excluding hydrogens is 302 g/mol. The van der Waals surface area contributed by atoms with Crippen molar-refractivity contribution >= 4 is 5.91 Å². The SMILES string of the molecule is Cn1cncc1[C@@H]1C[C@H](NC(=O)c2ccc3c(c2)CCC3)CCO1. The molecule has 2 heterocycles. The van der Waals surface area contributed by atoms with Crippen LogP contribution in [0.25, 0.3) is 0 Å². The number of carbonyl (C=O) groups is 1. The molecule has 5 heteroatoms. The van der Waals surface area contributed by atoms with Gasteiger partial charge in [-0.3, -0.25) is 4.79 Å². The summed E-state index contributed by atoms with van der Waals surface area (Å²) in [4.78, 5) is 16.8. The van der Waals surface area contributed by atoms with Crippen LogP contribution in [-0.2, 0) is 24.6 Å². The molecule has 2 aliphatic rings. The van der Waals surface area contributed by atoms with Crippen molar-refractivity contribution in [2.45, 2.75) is 44.2 Å². The Balaban J connectivity index is 1.43. The average molecular weight is 325 g/mol. The van der Waals surface area contributed by atoms with Crippen molar-refractivity contribution in [3.63, 3.8) is 0 Å². The van der Waals surface area contributed by atoms with Crippen molar-refractivity contribution in [2.75, 3.05) is 6.61 Å². The van der Waals surface area contributed by atoms with Crippen molar-refractivity contribution < 1.29 is 9.53 Å². The molecular formula is C19H23N3O2. The van der Waals surface area contributed by atoms with E-state index in [4.69, 9.17) is 4.74 Å². The lowest BCUT2D eigenvalue weighted by molar-refractivity contribution is -0.00301. The molecule has 1 aromatic heterocycles. The molecule has 0 unspecified atom stereocenters. The van der Waals surface area contributed by atoms with E-state index in [0.29, 0.717) is 6.61 Å². The first-order valence-electron chi connectivity index (χ1n) is 8.71. The van der Waals surface area contributed by atoms with E-state index >= 15 is 0 Å². The fourth-order valence-electron chi connectivity index (χ4n) is 3.79. The van der Waals surface area contributed by atoms with Gasteiger partial charge in [-0.2, -0.15) is 0 Å². The molecule has 5 nitrogen and oxygen atoms in total. The quantitative estimate of drug-likeness (QED) is 0.943. The van der Waals surface area contributed by atoms with Gasteiger partial charge < -0.3 is 14.6 Å². The number of ether oxygens (including phenoxy) is 1. The van der Waals surface area contributed by atoms with Gasteiger partial charge in [-0.05, 0) is 55.4 Å². The van der Waals surface area contributed by atoms with E-state index in [-0.39, 0.29) is 18.1 Å². The number of nitrogens with zero attached hydrogens (tertiary/aromatic N) is 2. The van der Waals surface area contributed by atoms with Crippen molar-refractivity contribution in [3.8, 4) is 0 Å². The second-order valence-corrected chi connectivity index (χ2v) is 6.82. The van der Waals surface area contributed by atoms with Crippen LogP contribution in [0.15, 0.2) is 30.7 Å². The molecule has 1 aliphatic heterocycles. The lowest BCUT2D eigenvalue weighted by atomic mass is 10.00. The van der Waals surface area contributed by atoms with Crippen molar-refractivity contribution in [2.24, 2.45) is 7.05 Å². The van der Waals surface area contributed by atoms with Gasteiger partial charge in [-0.25, -0.2) is 4.98 Å². The Kier molecular flexibility index (Phi) is 4.10. The maximum Gasteiger partial charge on any atom is 0.251 e. The van der Waals surface area contributed by atoms with E-state index < -0.39 is 0 Å². The Hall–Kier alpha value is -2.14. The molecule has 1 saturated heterocycles. The van der Waals surface area contributed by atoms with E-state index in [1.165, 1.54) is 17.5 Å². The number of carbonyl (C=O) groups excluding carboxylic acids is 1. The van der Waals surface area contributed by atoms with Gasteiger partial charge in [0.25, 0.3) is 5.91 Å². The molecule has 0 saturated carbocycles. The standard InChI is InChI=1S/C19H23N3O2/c1-22-12-20-11-17(22)18-10-16(7-8-24-18)21-19(23)15-6-5-13-3-2-4-14(13)9-15/h5-6,9,11-12,16,18H,2-4,7-8,10H2,1H3,(H,21,23)/t16-,18+/m1/s1. The molecule has 1 fully saturated rings. The number of fused-ring (bicyclic) bond motifs is 1. The molecule has 24 heavy (non-hydrogen) atoms. The second-order valence-electron chi connectivity index (χ2n) is 6.82. The smallest absolute Gasteiger partial charge is 0.251 e. The van der Waals surface area contributed by atoms with Crippen molar-refractivity contribution in [3.05, 3.63) is 53.1 Å². The maximum atomic E-state index is 12.6. The van der Waals surface area contributed by atoms with E-state index in [9.17, 15) is 4.79 Å². The summed E-state index contributed by atoms with van der Waals surface area (Å²) in [5, 5.41) is 3.19. The molecule has 2 atom stereocenters. The normalized spacial score (nSPS) is 23.0. The number of hydrogen-bond acceptors (Lipinski definition) is 3. The summed E-state index contributed by atoms with van der Waals surface area (Å²) in [5.41, 5.74) is 4.57. The van der Waals surface area contributed by atoms with Gasteiger partial charge in [0.2, 0.25) is 0 Å². The van der Waals surface area contributed by atoms with Crippen molar-refractivity contribution in [1.29, 1.82) is 0 Å². The largest absolute Gasteiger partial charge is 0.372 e. The summed E-state index contributed by atoms with van der Waals surface area (Å²) < 4.78 is 7.85. The van der Waals surface area contributed by atoms with Crippen LogP contribution in [0.2, 0.25) is 0 Å². The highest BCUT2D eigenvalue weighted by molar-refractivity contribution is 5.94. The summed E-state index contributed by atoms with van der Waals surface area (Å²) >= 11 is 0. The minimum absolute atomic E-state index is 0.00318. The molecule has 1 aliphatic carbocycles. The number of benzene rings is 1. The minimum Gasteiger partial charge on any atom is -0.372 e. The Morgan fingerprint density at radius 1 is 1.33 bits per heavy atom. The van der Waals surface area contributed by atoms with E-state index in [1.54, 1.807) is 6.33 Å². The number of amides is 1. The molecule has 1 N–H and O–H groups in total. The number of aromatic nitrogens is 2. The van der Waals surface area contributed by atoms with Gasteiger partial charge in [0.1, 0.15) is 6.10 Å². The second kappa shape index (κ2) is 6.40. The zero-order valence-corrected chi connectivity index (χ0v) is 14.0. The number of nitrogens with one attached hydrogen (secondary N) is 1. The summed E-state index contributed by atoms with van der Waals surface area (Å²) in [5.74, 6) is 0.0281. The fraction of sp³-hybridized carbons (Fsp3) is 0.474. The fourth-order valence-corrected chi connectivity index (χ4v) is 3.79. The highest BCUT2D eigenvalue weighted by atomic mass is 16.5. The number of aryl methyl sites for hydroxylation is 3. The molecule has 1 amide bonds. The highest BCUT2D eigenvalue weighted by Crippen LogP contribution is 2.28. The predicted molar refractivity (Wildman–Crippen MR) is 90.9 cm³/mol. The molecule has 126 valence electrons. The van der Waals surface area contributed by atoms with Gasteiger partial charge in [0.05, 0.1) is 18.2 Å². The Morgan fingerprint density at radius 2 is 2.21 bits per heavy atom. The first-order chi connectivity index (χ1) is 11.7. The highest BCUT2D eigenvalue weighted by Gasteiger charge is 2.27.